The van der Waals surface area contributed by atoms with Gasteiger partial charge in [0.2, 0.25) is 5.91 Å². The minimum Gasteiger partial charge on any atom is -0.389 e. The average Bonchev–Trinajstić information content (AvgIpc) is 2.69. The summed E-state index contributed by atoms with van der Waals surface area (Å²) in [5, 5.41) is 11.3. The van der Waals surface area contributed by atoms with Crippen LogP contribution >= 0.6 is 0 Å². The van der Waals surface area contributed by atoms with Crippen molar-refractivity contribution in [3.8, 4) is 0 Å². The van der Waals surface area contributed by atoms with E-state index in [1.807, 2.05) is 48.2 Å². The molecule has 1 aliphatic heterocycles. The highest BCUT2D eigenvalue weighted by Gasteiger charge is 2.49. The van der Waals surface area contributed by atoms with Gasteiger partial charge in [-0.15, -0.1) is 0 Å². The second-order valence-corrected chi connectivity index (χ2v) is 7.36. The molecule has 0 aromatic heterocycles. The average molecular weight is 351 g/mol. The van der Waals surface area contributed by atoms with Gasteiger partial charge in [-0.3, -0.25) is 4.79 Å². The fraction of sp³-hybridized carbons (Fsp3) is 0.435. The fourth-order valence-electron chi connectivity index (χ4n) is 4.29. The Morgan fingerprint density at radius 3 is 2.27 bits per heavy atom. The number of amides is 1. The quantitative estimate of drug-likeness (QED) is 0.839. The van der Waals surface area contributed by atoms with Crippen molar-refractivity contribution in [3.63, 3.8) is 0 Å². The first-order chi connectivity index (χ1) is 12.6. The summed E-state index contributed by atoms with van der Waals surface area (Å²) in [5.41, 5.74) is 1.34. The molecule has 1 amide bonds. The largest absolute Gasteiger partial charge is 0.389 e. The highest BCUT2D eigenvalue weighted by Crippen LogP contribution is 2.43. The molecule has 26 heavy (non-hydrogen) atoms. The summed E-state index contributed by atoms with van der Waals surface area (Å²) in [6, 6.07) is 20.3. The maximum absolute atomic E-state index is 13.4. The van der Waals surface area contributed by atoms with Gasteiger partial charge in [0.1, 0.15) is 0 Å². The summed E-state index contributed by atoms with van der Waals surface area (Å²) in [7, 11) is 0. The molecule has 3 rings (SSSR count). The summed E-state index contributed by atoms with van der Waals surface area (Å²) in [4.78, 5) is 15.4. The zero-order valence-electron chi connectivity index (χ0n) is 15.8. The van der Waals surface area contributed by atoms with E-state index in [0.717, 1.165) is 17.5 Å². The topological polar surface area (TPSA) is 40.5 Å². The summed E-state index contributed by atoms with van der Waals surface area (Å²) in [5.74, 6) is -0.273. The van der Waals surface area contributed by atoms with Crippen LogP contribution in [0.3, 0.4) is 0 Å². The van der Waals surface area contributed by atoms with Gasteiger partial charge < -0.3 is 10.0 Å². The Morgan fingerprint density at radius 2 is 1.69 bits per heavy atom. The predicted octanol–water partition coefficient (Wildman–Crippen LogP) is 4.37. The predicted molar refractivity (Wildman–Crippen MR) is 105 cm³/mol. The van der Waals surface area contributed by atoms with Crippen LogP contribution in [0.2, 0.25) is 0 Å². The van der Waals surface area contributed by atoms with Crippen molar-refractivity contribution in [1.29, 1.82) is 0 Å². The molecule has 0 bridgehead atoms. The molecule has 0 aliphatic carbocycles. The molecule has 2 aromatic carbocycles. The second kappa shape index (κ2) is 8.05. The third-order valence-corrected chi connectivity index (χ3v) is 5.87. The van der Waals surface area contributed by atoms with Crippen LogP contribution in [0.25, 0.3) is 0 Å². The number of carbonyl (C=O) groups is 1. The second-order valence-electron chi connectivity index (χ2n) is 7.36. The van der Waals surface area contributed by atoms with Crippen molar-refractivity contribution in [2.24, 2.45) is 5.92 Å². The summed E-state index contributed by atoms with van der Waals surface area (Å²) in [6.07, 6.45) is 2.07. The molecule has 138 valence electrons. The number of carbonyl (C=O) groups excluding carboxylic acids is 1. The first-order valence-electron chi connectivity index (χ1n) is 9.69. The molecule has 1 heterocycles. The van der Waals surface area contributed by atoms with Gasteiger partial charge in [-0.05, 0) is 36.3 Å². The van der Waals surface area contributed by atoms with Crippen LogP contribution in [0.1, 0.15) is 50.2 Å². The van der Waals surface area contributed by atoms with Gasteiger partial charge in [0.25, 0.3) is 0 Å². The summed E-state index contributed by atoms with van der Waals surface area (Å²) < 4.78 is 0. The normalized spacial score (nSPS) is 24.5. The third-order valence-electron chi connectivity index (χ3n) is 5.87. The van der Waals surface area contributed by atoms with Crippen LogP contribution in [-0.4, -0.2) is 28.1 Å². The fourth-order valence-corrected chi connectivity index (χ4v) is 4.29. The smallest absolute Gasteiger partial charge is 0.229 e. The van der Waals surface area contributed by atoms with Crippen molar-refractivity contribution in [2.75, 3.05) is 6.54 Å². The van der Waals surface area contributed by atoms with Gasteiger partial charge in [-0.2, -0.15) is 0 Å². The standard InChI is InChI=1S/C23H29NO2/c1-3-20(19-13-9-6-10-14-19)21-22(25)24(16-15-23(21,26)4-2)17-18-11-7-5-8-12-18/h5-14,20-21,26H,3-4,15-17H2,1-2H3/t20-,21-,23+/m0/s1. The zero-order valence-corrected chi connectivity index (χ0v) is 15.8. The van der Waals surface area contributed by atoms with Crippen molar-refractivity contribution in [3.05, 3.63) is 71.8 Å². The highest BCUT2D eigenvalue weighted by atomic mass is 16.3. The molecule has 1 fully saturated rings. The van der Waals surface area contributed by atoms with Gasteiger partial charge in [0.15, 0.2) is 0 Å². The molecule has 1 saturated heterocycles. The minimum atomic E-state index is -0.930. The molecule has 0 radical (unpaired) electrons. The number of nitrogens with zero attached hydrogens (tertiary/aromatic N) is 1. The van der Waals surface area contributed by atoms with E-state index >= 15 is 0 Å². The number of benzene rings is 2. The lowest BCUT2D eigenvalue weighted by atomic mass is 9.68. The zero-order chi connectivity index (χ0) is 18.6. The number of hydrogen-bond acceptors (Lipinski definition) is 2. The van der Waals surface area contributed by atoms with Crippen molar-refractivity contribution >= 4 is 5.91 Å². The van der Waals surface area contributed by atoms with Gasteiger partial charge in [0.05, 0.1) is 11.5 Å². The van der Waals surface area contributed by atoms with E-state index in [4.69, 9.17) is 0 Å². The van der Waals surface area contributed by atoms with Gasteiger partial charge >= 0.3 is 0 Å². The van der Waals surface area contributed by atoms with Crippen LogP contribution in [-0.2, 0) is 11.3 Å². The van der Waals surface area contributed by atoms with E-state index in [1.54, 1.807) is 0 Å². The van der Waals surface area contributed by atoms with Crippen LogP contribution < -0.4 is 0 Å². The van der Waals surface area contributed by atoms with E-state index in [2.05, 4.69) is 31.2 Å². The lowest BCUT2D eigenvalue weighted by molar-refractivity contribution is -0.159. The number of likely N-dealkylation sites (tertiary alicyclic amines) is 1. The van der Waals surface area contributed by atoms with E-state index in [1.165, 1.54) is 0 Å². The Bertz CT molecular complexity index is 716. The number of aliphatic hydroxyl groups is 1. The van der Waals surface area contributed by atoms with Crippen molar-refractivity contribution in [2.45, 2.75) is 51.2 Å². The lowest BCUT2D eigenvalue weighted by Gasteiger charge is -2.46. The minimum absolute atomic E-state index is 0.0345. The molecule has 2 aromatic rings. The monoisotopic (exact) mass is 351 g/mol. The van der Waals surface area contributed by atoms with Crippen LogP contribution in [0, 0.1) is 5.92 Å². The molecule has 1 aliphatic rings. The molecular weight excluding hydrogens is 322 g/mol. The Kier molecular flexibility index (Phi) is 5.77. The number of piperidine rings is 1. The maximum Gasteiger partial charge on any atom is 0.229 e. The molecule has 1 N–H and O–H groups in total. The third kappa shape index (κ3) is 3.68. The molecule has 3 heteroatoms. The molecule has 3 atom stereocenters. The molecular formula is C23H29NO2. The van der Waals surface area contributed by atoms with Crippen LogP contribution in [0.15, 0.2) is 60.7 Å². The van der Waals surface area contributed by atoms with E-state index < -0.39 is 11.5 Å². The van der Waals surface area contributed by atoms with Crippen LogP contribution in [0.5, 0.6) is 0 Å². The van der Waals surface area contributed by atoms with Crippen LogP contribution in [0.4, 0.5) is 0 Å². The van der Waals surface area contributed by atoms with E-state index in [9.17, 15) is 9.90 Å². The lowest BCUT2D eigenvalue weighted by Crippen LogP contribution is -2.56. The van der Waals surface area contributed by atoms with Gasteiger partial charge in [-0.1, -0.05) is 74.5 Å². The molecule has 0 spiro atoms. The molecule has 0 saturated carbocycles. The molecule has 3 nitrogen and oxygen atoms in total. The maximum atomic E-state index is 13.4. The Balaban J connectivity index is 1.91. The Morgan fingerprint density at radius 1 is 1.08 bits per heavy atom. The van der Waals surface area contributed by atoms with Gasteiger partial charge in [0, 0.05) is 13.1 Å². The molecule has 0 unspecified atom stereocenters. The summed E-state index contributed by atoms with van der Waals surface area (Å²) >= 11 is 0. The van der Waals surface area contributed by atoms with E-state index in [0.29, 0.717) is 25.9 Å². The number of hydrogen-bond donors (Lipinski definition) is 1. The van der Waals surface area contributed by atoms with Gasteiger partial charge in [-0.25, -0.2) is 0 Å². The Labute approximate surface area is 156 Å². The first-order valence-corrected chi connectivity index (χ1v) is 9.69. The van der Waals surface area contributed by atoms with E-state index in [-0.39, 0.29) is 11.8 Å². The summed E-state index contributed by atoms with van der Waals surface area (Å²) in [6.45, 7) is 5.32. The number of rotatable bonds is 6. The first kappa shape index (κ1) is 18.7. The van der Waals surface area contributed by atoms with Crippen molar-refractivity contribution < 1.29 is 9.90 Å². The SMILES string of the molecule is CC[C@@H](c1ccccc1)[C@H]1C(=O)N(Cc2ccccc2)CC[C@]1(O)CC. The Hall–Kier alpha value is -2.13. The van der Waals surface area contributed by atoms with Crippen molar-refractivity contribution in [1.82, 2.24) is 4.90 Å². The highest BCUT2D eigenvalue weighted by molar-refractivity contribution is 5.82.